The van der Waals surface area contributed by atoms with Crippen LogP contribution in [0.5, 0.6) is 11.5 Å². The van der Waals surface area contributed by atoms with Crippen LogP contribution in [0.3, 0.4) is 0 Å². The van der Waals surface area contributed by atoms with Crippen LogP contribution in [0.25, 0.3) is 0 Å². The van der Waals surface area contributed by atoms with E-state index in [1.807, 2.05) is 6.07 Å². The van der Waals surface area contributed by atoms with Crippen molar-refractivity contribution >= 4 is 0 Å². The van der Waals surface area contributed by atoms with Crippen LogP contribution in [-0.2, 0) is 12.6 Å². The van der Waals surface area contributed by atoms with Crippen LogP contribution in [0.1, 0.15) is 17.5 Å². The van der Waals surface area contributed by atoms with E-state index in [0.717, 1.165) is 6.07 Å². The van der Waals surface area contributed by atoms with Gasteiger partial charge in [0.05, 0.1) is 18.7 Å². The summed E-state index contributed by atoms with van der Waals surface area (Å²) in [6.45, 7) is 0. The fourth-order valence-corrected chi connectivity index (χ4v) is 1.41. The van der Waals surface area contributed by atoms with E-state index >= 15 is 0 Å². The van der Waals surface area contributed by atoms with Crippen molar-refractivity contribution in [1.29, 1.82) is 5.26 Å². The van der Waals surface area contributed by atoms with Crippen LogP contribution in [0, 0.1) is 11.3 Å². The lowest BCUT2D eigenvalue weighted by Crippen LogP contribution is -2.06. The summed E-state index contributed by atoms with van der Waals surface area (Å²) in [5.74, 6) is -0.570. The summed E-state index contributed by atoms with van der Waals surface area (Å²) in [4.78, 5) is 0. The number of phenols is 1. The molecular weight excluding hydrogens is 235 g/mol. The molecule has 6 heteroatoms. The van der Waals surface area contributed by atoms with Crippen LogP contribution in [-0.4, -0.2) is 12.2 Å². The zero-order valence-corrected chi connectivity index (χ0v) is 9.01. The molecule has 0 aliphatic heterocycles. The zero-order chi connectivity index (χ0) is 13.1. The topological polar surface area (TPSA) is 53.2 Å². The third-order valence-electron chi connectivity index (χ3n) is 2.22. The molecule has 92 valence electrons. The molecule has 0 saturated heterocycles. The zero-order valence-electron chi connectivity index (χ0n) is 9.01. The number of ether oxygens (including phenoxy) is 1. The number of hydrogen-bond acceptors (Lipinski definition) is 3. The Morgan fingerprint density at radius 1 is 1.41 bits per heavy atom. The van der Waals surface area contributed by atoms with Gasteiger partial charge in [0.15, 0.2) is 0 Å². The number of halogens is 3. The minimum Gasteiger partial charge on any atom is -0.508 e. The first-order valence-corrected chi connectivity index (χ1v) is 4.74. The molecule has 0 aliphatic rings. The van der Waals surface area contributed by atoms with Crippen molar-refractivity contribution in [2.75, 3.05) is 7.11 Å². The van der Waals surface area contributed by atoms with Crippen molar-refractivity contribution in [3.63, 3.8) is 0 Å². The first-order valence-electron chi connectivity index (χ1n) is 4.74. The third-order valence-corrected chi connectivity index (χ3v) is 2.22. The highest BCUT2D eigenvalue weighted by Gasteiger charge is 2.32. The van der Waals surface area contributed by atoms with Crippen molar-refractivity contribution < 1.29 is 23.0 Å². The summed E-state index contributed by atoms with van der Waals surface area (Å²) in [5, 5.41) is 17.9. The minimum absolute atomic E-state index is 0.0624. The Labute approximate surface area is 96.1 Å². The Bertz CT molecular complexity index is 449. The number of aromatic hydroxyl groups is 1. The molecule has 0 radical (unpaired) electrons. The Kier molecular flexibility index (Phi) is 3.84. The van der Waals surface area contributed by atoms with E-state index in [9.17, 15) is 18.3 Å². The van der Waals surface area contributed by atoms with Gasteiger partial charge in [0, 0.05) is 12.0 Å². The van der Waals surface area contributed by atoms with Crippen LogP contribution in [0.15, 0.2) is 12.1 Å². The predicted octanol–water partition coefficient (Wildman–Crippen LogP) is 2.88. The predicted molar refractivity (Wildman–Crippen MR) is 53.6 cm³/mol. The Morgan fingerprint density at radius 3 is 2.53 bits per heavy atom. The number of benzene rings is 1. The Morgan fingerprint density at radius 2 is 2.06 bits per heavy atom. The lowest BCUT2D eigenvalue weighted by molar-refractivity contribution is -0.137. The first-order chi connectivity index (χ1) is 7.90. The molecule has 0 bridgehead atoms. The maximum absolute atomic E-state index is 12.4. The first kappa shape index (κ1) is 13.2. The molecule has 0 atom stereocenters. The number of methoxy groups -OCH3 is 1. The van der Waals surface area contributed by atoms with E-state index in [1.165, 1.54) is 7.11 Å². The van der Waals surface area contributed by atoms with E-state index < -0.39 is 17.5 Å². The summed E-state index contributed by atoms with van der Waals surface area (Å²) in [6, 6.07) is 3.30. The van der Waals surface area contributed by atoms with Crippen molar-refractivity contribution in [1.82, 2.24) is 0 Å². The van der Waals surface area contributed by atoms with Crippen LogP contribution < -0.4 is 4.74 Å². The number of hydrogen-bond donors (Lipinski definition) is 1. The van der Waals surface area contributed by atoms with E-state index in [4.69, 9.17) is 10.00 Å². The van der Waals surface area contributed by atoms with Gasteiger partial charge in [-0.2, -0.15) is 18.4 Å². The highest BCUT2D eigenvalue weighted by atomic mass is 19.4. The molecule has 1 rings (SSSR count). The van der Waals surface area contributed by atoms with Gasteiger partial charge in [0.2, 0.25) is 0 Å². The fraction of sp³-hybridized carbons (Fsp3) is 0.364. The number of rotatable bonds is 3. The maximum atomic E-state index is 12.4. The van der Waals surface area contributed by atoms with E-state index in [-0.39, 0.29) is 24.2 Å². The van der Waals surface area contributed by atoms with Crippen molar-refractivity contribution in [3.8, 4) is 17.6 Å². The van der Waals surface area contributed by atoms with Gasteiger partial charge in [-0.3, -0.25) is 0 Å². The molecule has 17 heavy (non-hydrogen) atoms. The second kappa shape index (κ2) is 4.95. The standard InChI is InChI=1S/C11H10F3NO2/c1-17-10-6-7(11(12,13)14)5-9(16)8(10)3-2-4-15/h5-6,16H,2-3H2,1H3. The smallest absolute Gasteiger partial charge is 0.416 e. The highest BCUT2D eigenvalue weighted by Crippen LogP contribution is 2.38. The number of nitriles is 1. The van der Waals surface area contributed by atoms with Crippen LogP contribution in [0.2, 0.25) is 0 Å². The van der Waals surface area contributed by atoms with E-state index in [2.05, 4.69) is 0 Å². The van der Waals surface area contributed by atoms with Gasteiger partial charge in [-0.05, 0) is 18.6 Å². The lowest BCUT2D eigenvalue weighted by atomic mass is 10.0. The molecule has 0 amide bonds. The Balaban J connectivity index is 3.22. The molecule has 0 fully saturated rings. The summed E-state index contributed by atoms with van der Waals surface area (Å²) in [6.07, 6.45) is -4.31. The lowest BCUT2D eigenvalue weighted by Gasteiger charge is -2.13. The molecule has 1 aromatic carbocycles. The molecule has 0 unspecified atom stereocenters. The van der Waals surface area contributed by atoms with E-state index in [1.54, 1.807) is 0 Å². The number of nitrogens with zero attached hydrogens (tertiary/aromatic N) is 1. The van der Waals surface area contributed by atoms with E-state index in [0.29, 0.717) is 6.07 Å². The molecule has 0 aromatic heterocycles. The maximum Gasteiger partial charge on any atom is 0.416 e. The van der Waals surface area contributed by atoms with Crippen LogP contribution in [0.4, 0.5) is 13.2 Å². The van der Waals surface area contributed by atoms with Gasteiger partial charge >= 0.3 is 6.18 Å². The van der Waals surface area contributed by atoms with Crippen LogP contribution >= 0.6 is 0 Å². The van der Waals surface area contributed by atoms with Gasteiger partial charge in [-0.15, -0.1) is 0 Å². The van der Waals surface area contributed by atoms with Gasteiger partial charge in [0.25, 0.3) is 0 Å². The molecule has 1 aromatic rings. The summed E-state index contributed by atoms with van der Waals surface area (Å²) in [5.41, 5.74) is -0.769. The van der Waals surface area contributed by atoms with Gasteiger partial charge < -0.3 is 9.84 Å². The van der Waals surface area contributed by atoms with Crippen molar-refractivity contribution in [2.45, 2.75) is 19.0 Å². The molecule has 1 N–H and O–H groups in total. The summed E-state index contributed by atoms with van der Waals surface area (Å²) in [7, 11) is 1.21. The summed E-state index contributed by atoms with van der Waals surface area (Å²) < 4.78 is 42.1. The average molecular weight is 245 g/mol. The van der Waals surface area contributed by atoms with Gasteiger partial charge in [-0.1, -0.05) is 0 Å². The number of alkyl halides is 3. The second-order valence-corrected chi connectivity index (χ2v) is 3.33. The largest absolute Gasteiger partial charge is 0.508 e. The minimum atomic E-state index is -4.54. The molecule has 0 saturated carbocycles. The molecule has 0 heterocycles. The molecule has 3 nitrogen and oxygen atoms in total. The van der Waals surface area contributed by atoms with Gasteiger partial charge in [-0.25, -0.2) is 0 Å². The Hall–Kier alpha value is -1.90. The fourth-order valence-electron chi connectivity index (χ4n) is 1.41. The second-order valence-electron chi connectivity index (χ2n) is 3.33. The molecule has 0 aliphatic carbocycles. The highest BCUT2D eigenvalue weighted by molar-refractivity contribution is 5.48. The SMILES string of the molecule is COc1cc(C(F)(F)F)cc(O)c1CCC#N. The summed E-state index contributed by atoms with van der Waals surface area (Å²) >= 11 is 0. The third kappa shape index (κ3) is 3.03. The van der Waals surface area contributed by atoms with Crippen molar-refractivity contribution in [3.05, 3.63) is 23.3 Å². The monoisotopic (exact) mass is 245 g/mol. The van der Waals surface area contributed by atoms with Crippen molar-refractivity contribution in [2.24, 2.45) is 0 Å². The molecule has 0 spiro atoms. The normalized spacial score (nSPS) is 11.0. The quantitative estimate of drug-likeness (QED) is 0.890. The molecular formula is C11H10F3NO2. The average Bonchev–Trinajstić information content (AvgIpc) is 2.25. The number of phenolic OH excluding ortho intramolecular Hbond substituents is 1. The van der Waals surface area contributed by atoms with Gasteiger partial charge in [0.1, 0.15) is 11.5 Å².